The summed E-state index contributed by atoms with van der Waals surface area (Å²) in [6.07, 6.45) is 0. The maximum absolute atomic E-state index is 6.61. The molecule has 6 aromatic rings. The first-order valence-electron chi connectivity index (χ1n) is 12.1. The van der Waals surface area contributed by atoms with Crippen molar-refractivity contribution in [2.24, 2.45) is 10.2 Å². The van der Waals surface area contributed by atoms with Crippen molar-refractivity contribution < 1.29 is 0 Å². The third-order valence-electron chi connectivity index (χ3n) is 6.10. The number of nitrogen functional groups attached to an aromatic ring is 1. The van der Waals surface area contributed by atoms with Crippen molar-refractivity contribution in [1.29, 1.82) is 0 Å². The molecule has 9 heteroatoms. The Kier molecular flexibility index (Phi) is 6.67. The molecular formula is C30H21Cl2N7. The largest absolute Gasteiger partial charge is 0.382 e. The summed E-state index contributed by atoms with van der Waals surface area (Å²) < 4.78 is 3.40. The van der Waals surface area contributed by atoms with Gasteiger partial charge < -0.3 is 5.73 Å². The Morgan fingerprint density at radius 3 is 1.72 bits per heavy atom. The zero-order valence-corrected chi connectivity index (χ0v) is 22.0. The van der Waals surface area contributed by atoms with E-state index in [9.17, 15) is 0 Å². The van der Waals surface area contributed by atoms with E-state index in [1.807, 2.05) is 103 Å². The summed E-state index contributed by atoms with van der Waals surface area (Å²) in [4.78, 5) is 0. The second-order valence-corrected chi connectivity index (χ2v) is 9.55. The number of benzene rings is 4. The van der Waals surface area contributed by atoms with Crippen molar-refractivity contribution in [3.05, 3.63) is 125 Å². The average molecular weight is 550 g/mol. The summed E-state index contributed by atoms with van der Waals surface area (Å²) in [5.74, 6) is 0.888. The normalized spacial score (nSPS) is 11.3. The fraction of sp³-hybridized carbons (Fsp3) is 0. The van der Waals surface area contributed by atoms with Gasteiger partial charge in [0.15, 0.2) is 17.3 Å². The van der Waals surface area contributed by atoms with Gasteiger partial charge >= 0.3 is 0 Å². The van der Waals surface area contributed by atoms with Gasteiger partial charge in [0.1, 0.15) is 5.69 Å². The van der Waals surface area contributed by atoms with Gasteiger partial charge in [0, 0.05) is 27.2 Å². The molecule has 0 saturated carbocycles. The van der Waals surface area contributed by atoms with E-state index in [-0.39, 0.29) is 0 Å². The number of rotatable bonds is 6. The van der Waals surface area contributed by atoms with Crippen LogP contribution in [-0.2, 0) is 0 Å². The lowest BCUT2D eigenvalue weighted by molar-refractivity contribution is 0.873. The van der Waals surface area contributed by atoms with Crippen LogP contribution in [0.1, 0.15) is 0 Å². The minimum Gasteiger partial charge on any atom is -0.382 e. The SMILES string of the molecule is Nc1c(N=Nc2cc(-c3ccc(Cl)cc3)nn2-c2ccccc2)c(-c2ccc(Cl)cc2)nn1-c1ccccc1. The van der Waals surface area contributed by atoms with Gasteiger partial charge in [-0.05, 0) is 48.5 Å². The maximum Gasteiger partial charge on any atom is 0.178 e. The molecule has 0 aliphatic heterocycles. The highest BCUT2D eigenvalue weighted by atomic mass is 35.5. The number of halogens is 2. The Hall–Kier alpha value is -4.72. The summed E-state index contributed by atoms with van der Waals surface area (Å²) >= 11 is 12.2. The van der Waals surface area contributed by atoms with E-state index in [1.54, 1.807) is 21.5 Å². The summed E-state index contributed by atoms with van der Waals surface area (Å²) in [6.45, 7) is 0. The number of anilines is 1. The number of nitrogens with two attached hydrogens (primary N) is 1. The number of para-hydroxylation sites is 2. The Balaban J connectivity index is 1.49. The van der Waals surface area contributed by atoms with E-state index >= 15 is 0 Å². The van der Waals surface area contributed by atoms with Crippen LogP contribution in [0, 0.1) is 0 Å². The summed E-state index contributed by atoms with van der Waals surface area (Å²) in [5, 5.41) is 20.1. The smallest absolute Gasteiger partial charge is 0.178 e. The average Bonchev–Trinajstić information content (AvgIpc) is 3.55. The zero-order chi connectivity index (χ0) is 26.8. The van der Waals surface area contributed by atoms with Crippen LogP contribution in [0.5, 0.6) is 0 Å². The highest BCUT2D eigenvalue weighted by molar-refractivity contribution is 6.30. The topological polar surface area (TPSA) is 86.4 Å². The Bertz CT molecular complexity index is 1760. The van der Waals surface area contributed by atoms with E-state index in [0.29, 0.717) is 33.1 Å². The van der Waals surface area contributed by atoms with Gasteiger partial charge in [-0.3, -0.25) is 0 Å². The summed E-state index contributed by atoms with van der Waals surface area (Å²) in [7, 11) is 0. The van der Waals surface area contributed by atoms with Gasteiger partial charge in [0.25, 0.3) is 0 Å². The standard InChI is InChI=1S/C30H21Cl2N7/c31-22-15-11-20(12-16-22)26-19-27(38(36-26)24-7-3-1-4-8-24)34-35-29-28(21-13-17-23(32)18-14-21)37-39(30(29)33)25-9-5-2-6-10-25/h1-19H,33H2. The van der Waals surface area contributed by atoms with Crippen LogP contribution in [-0.4, -0.2) is 19.6 Å². The minimum absolute atomic E-state index is 0.360. The van der Waals surface area contributed by atoms with Crippen molar-refractivity contribution in [3.63, 3.8) is 0 Å². The lowest BCUT2D eigenvalue weighted by Gasteiger charge is -2.03. The number of nitrogens with zero attached hydrogens (tertiary/aromatic N) is 6. The van der Waals surface area contributed by atoms with Crippen molar-refractivity contribution in [2.75, 3.05) is 5.73 Å². The molecule has 0 fully saturated rings. The van der Waals surface area contributed by atoms with Crippen molar-refractivity contribution in [2.45, 2.75) is 0 Å². The van der Waals surface area contributed by atoms with Crippen molar-refractivity contribution in [1.82, 2.24) is 19.6 Å². The van der Waals surface area contributed by atoms with E-state index in [0.717, 1.165) is 28.2 Å². The monoisotopic (exact) mass is 549 g/mol. The molecule has 7 nitrogen and oxygen atoms in total. The fourth-order valence-corrected chi connectivity index (χ4v) is 4.41. The van der Waals surface area contributed by atoms with E-state index < -0.39 is 0 Å². The summed E-state index contributed by atoms with van der Waals surface area (Å²) in [5.41, 5.74) is 11.7. The van der Waals surface area contributed by atoms with Gasteiger partial charge in [-0.2, -0.15) is 10.2 Å². The molecule has 2 N–H and O–H groups in total. The number of aromatic nitrogens is 4. The Morgan fingerprint density at radius 1 is 0.590 bits per heavy atom. The van der Waals surface area contributed by atoms with Gasteiger partial charge in [-0.25, -0.2) is 9.36 Å². The molecule has 6 rings (SSSR count). The molecule has 39 heavy (non-hydrogen) atoms. The second-order valence-electron chi connectivity index (χ2n) is 8.68. The molecule has 2 aromatic heterocycles. The second kappa shape index (κ2) is 10.6. The van der Waals surface area contributed by atoms with Crippen LogP contribution in [0.25, 0.3) is 33.9 Å². The van der Waals surface area contributed by atoms with Gasteiger partial charge in [0.2, 0.25) is 0 Å². The molecule has 0 bridgehead atoms. The molecule has 2 heterocycles. The molecule has 0 amide bonds. The third kappa shape index (κ3) is 5.05. The van der Waals surface area contributed by atoms with Crippen LogP contribution >= 0.6 is 23.2 Å². The first-order valence-corrected chi connectivity index (χ1v) is 12.9. The minimum atomic E-state index is 0.360. The van der Waals surface area contributed by atoms with Gasteiger partial charge in [-0.15, -0.1) is 10.2 Å². The van der Waals surface area contributed by atoms with E-state index in [4.69, 9.17) is 39.1 Å². The molecule has 0 aliphatic rings. The van der Waals surface area contributed by atoms with Gasteiger partial charge in [0.05, 0.1) is 17.1 Å². The molecule has 0 atom stereocenters. The van der Waals surface area contributed by atoms with Crippen molar-refractivity contribution in [3.8, 4) is 33.9 Å². The fourth-order valence-electron chi connectivity index (χ4n) is 4.15. The third-order valence-corrected chi connectivity index (χ3v) is 6.60. The molecule has 190 valence electrons. The molecule has 0 saturated heterocycles. The van der Waals surface area contributed by atoms with Gasteiger partial charge in [-0.1, -0.05) is 83.9 Å². The highest BCUT2D eigenvalue weighted by Gasteiger charge is 2.19. The first kappa shape index (κ1) is 24.6. The van der Waals surface area contributed by atoms with Crippen molar-refractivity contribution >= 4 is 40.5 Å². The number of hydrogen-bond donors (Lipinski definition) is 1. The zero-order valence-electron chi connectivity index (χ0n) is 20.5. The summed E-state index contributed by atoms with van der Waals surface area (Å²) in [6, 6.07) is 36.1. The quantitative estimate of drug-likeness (QED) is 0.211. The number of azo groups is 1. The van der Waals surface area contributed by atoms with Crippen LogP contribution in [0.4, 0.5) is 17.3 Å². The maximum atomic E-state index is 6.61. The Labute approximate surface area is 234 Å². The van der Waals surface area contributed by atoms with Crippen LogP contribution in [0.3, 0.4) is 0 Å². The molecule has 0 unspecified atom stereocenters. The van der Waals surface area contributed by atoms with Crippen LogP contribution in [0.15, 0.2) is 125 Å². The van der Waals surface area contributed by atoms with Crippen LogP contribution in [0.2, 0.25) is 10.0 Å². The lowest BCUT2D eigenvalue weighted by atomic mass is 10.1. The molecule has 0 aliphatic carbocycles. The molecule has 4 aromatic carbocycles. The molecule has 0 radical (unpaired) electrons. The van der Waals surface area contributed by atoms with E-state index in [1.165, 1.54) is 0 Å². The van der Waals surface area contributed by atoms with Crippen LogP contribution < -0.4 is 5.73 Å². The molecular weight excluding hydrogens is 529 g/mol. The Morgan fingerprint density at radius 2 is 1.13 bits per heavy atom. The van der Waals surface area contributed by atoms with E-state index in [2.05, 4.69) is 10.2 Å². The highest BCUT2D eigenvalue weighted by Crippen LogP contribution is 2.38. The lowest BCUT2D eigenvalue weighted by Crippen LogP contribution is -2.01. The first-order chi connectivity index (χ1) is 19.1. The predicted octanol–water partition coefficient (Wildman–Crippen LogP) is 8.70. The predicted molar refractivity (Wildman–Crippen MR) is 157 cm³/mol. The molecule has 0 spiro atoms. The number of hydrogen-bond acceptors (Lipinski definition) is 5.